The fourth-order valence-electron chi connectivity index (χ4n) is 3.89. The van der Waals surface area contributed by atoms with Crippen molar-refractivity contribution >= 4 is 6.03 Å². The van der Waals surface area contributed by atoms with E-state index in [1.54, 1.807) is 12.5 Å². The molecule has 1 aliphatic rings. The zero-order chi connectivity index (χ0) is 20.9. The van der Waals surface area contributed by atoms with Crippen LogP contribution in [0.3, 0.4) is 0 Å². The third kappa shape index (κ3) is 4.71. The average molecular weight is 409 g/mol. The van der Waals surface area contributed by atoms with Crippen molar-refractivity contribution < 1.29 is 9.21 Å². The third-order valence-corrected chi connectivity index (χ3v) is 5.40. The van der Waals surface area contributed by atoms with Gasteiger partial charge in [-0.2, -0.15) is 5.10 Å². The molecule has 2 N–H and O–H groups in total. The quantitative estimate of drug-likeness (QED) is 0.627. The van der Waals surface area contributed by atoms with Crippen molar-refractivity contribution in [1.29, 1.82) is 0 Å². The van der Waals surface area contributed by atoms with Gasteiger partial charge in [-0.05, 0) is 69.6 Å². The number of urea groups is 1. The smallest absolute Gasteiger partial charge is 0.315 e. The van der Waals surface area contributed by atoms with Gasteiger partial charge in [0, 0.05) is 25.0 Å². The molecule has 0 saturated carbocycles. The number of likely N-dealkylation sites (tertiary alicyclic amines) is 1. The lowest BCUT2D eigenvalue weighted by Gasteiger charge is -2.26. The van der Waals surface area contributed by atoms with Crippen molar-refractivity contribution in [3.63, 3.8) is 0 Å². The Kier molecular flexibility index (Phi) is 6.13. The maximum absolute atomic E-state index is 12.3. The Balaban J connectivity index is 1.29. The number of aryl methyl sites for hydroxylation is 2. The van der Waals surface area contributed by atoms with Gasteiger partial charge in [-0.1, -0.05) is 6.07 Å². The Morgan fingerprint density at radius 3 is 2.67 bits per heavy atom. The van der Waals surface area contributed by atoms with Crippen LogP contribution in [0.1, 0.15) is 41.6 Å². The molecule has 1 saturated heterocycles. The second-order valence-corrected chi connectivity index (χ2v) is 7.70. The van der Waals surface area contributed by atoms with Crippen LogP contribution in [0.4, 0.5) is 4.79 Å². The number of nitrogens with zero attached hydrogens (tertiary/aromatic N) is 4. The molecule has 0 aliphatic carbocycles. The molecule has 0 spiro atoms. The van der Waals surface area contributed by atoms with Crippen LogP contribution in [-0.2, 0) is 6.54 Å². The lowest BCUT2D eigenvalue weighted by Crippen LogP contribution is -2.41. The molecule has 4 heterocycles. The Morgan fingerprint density at radius 2 is 2.03 bits per heavy atom. The molecule has 2 amide bonds. The van der Waals surface area contributed by atoms with E-state index in [9.17, 15) is 4.79 Å². The highest BCUT2D eigenvalue weighted by molar-refractivity contribution is 5.73. The molecule has 0 bridgehead atoms. The minimum absolute atomic E-state index is 0.0648. The van der Waals surface area contributed by atoms with Crippen LogP contribution in [0.2, 0.25) is 0 Å². The van der Waals surface area contributed by atoms with E-state index in [4.69, 9.17) is 4.42 Å². The van der Waals surface area contributed by atoms with E-state index in [1.165, 1.54) is 12.8 Å². The predicted octanol–water partition coefficient (Wildman–Crippen LogP) is 3.11. The number of amides is 2. The zero-order valence-electron chi connectivity index (χ0n) is 17.5. The molecule has 158 valence electrons. The van der Waals surface area contributed by atoms with Crippen LogP contribution in [0.15, 0.2) is 47.2 Å². The van der Waals surface area contributed by atoms with Gasteiger partial charge >= 0.3 is 6.03 Å². The number of hydrogen-bond acceptors (Lipinski definition) is 5. The molecule has 0 radical (unpaired) electrons. The Labute approximate surface area is 176 Å². The second kappa shape index (κ2) is 9.13. The minimum atomic E-state index is -0.201. The van der Waals surface area contributed by atoms with Crippen LogP contribution in [0.25, 0.3) is 5.82 Å². The van der Waals surface area contributed by atoms with Gasteiger partial charge in [-0.3, -0.25) is 4.90 Å². The maximum atomic E-state index is 12.3. The minimum Gasteiger partial charge on any atom is -0.468 e. The summed E-state index contributed by atoms with van der Waals surface area (Å²) < 4.78 is 7.41. The summed E-state index contributed by atoms with van der Waals surface area (Å²) in [4.78, 5) is 19.2. The molecule has 0 aromatic carbocycles. The fourth-order valence-corrected chi connectivity index (χ4v) is 3.89. The molecule has 3 aromatic heterocycles. The predicted molar refractivity (Wildman–Crippen MR) is 113 cm³/mol. The zero-order valence-corrected chi connectivity index (χ0v) is 17.5. The van der Waals surface area contributed by atoms with Gasteiger partial charge in [0.1, 0.15) is 5.76 Å². The summed E-state index contributed by atoms with van der Waals surface area (Å²) in [6, 6.07) is 9.60. The first-order valence-corrected chi connectivity index (χ1v) is 10.4. The van der Waals surface area contributed by atoms with Crippen molar-refractivity contribution in [1.82, 2.24) is 30.3 Å². The summed E-state index contributed by atoms with van der Waals surface area (Å²) in [6.45, 7) is 6.93. The van der Waals surface area contributed by atoms with E-state index in [1.807, 2.05) is 48.9 Å². The lowest BCUT2D eigenvalue weighted by molar-refractivity contribution is 0.203. The fraction of sp³-hybridized carbons (Fsp3) is 0.409. The number of carbonyl (C=O) groups excluding carboxylic acids is 1. The summed E-state index contributed by atoms with van der Waals surface area (Å²) in [5.74, 6) is 1.65. The number of aromatic nitrogens is 3. The Hall–Kier alpha value is -3.13. The van der Waals surface area contributed by atoms with Crippen LogP contribution in [0, 0.1) is 13.8 Å². The first-order chi connectivity index (χ1) is 14.6. The monoisotopic (exact) mass is 408 g/mol. The summed E-state index contributed by atoms with van der Waals surface area (Å²) in [5, 5.41) is 10.3. The Morgan fingerprint density at radius 1 is 1.20 bits per heavy atom. The second-order valence-electron chi connectivity index (χ2n) is 7.70. The number of hydrogen-bond donors (Lipinski definition) is 2. The van der Waals surface area contributed by atoms with Crippen molar-refractivity contribution in [2.24, 2.45) is 0 Å². The summed E-state index contributed by atoms with van der Waals surface area (Å²) in [7, 11) is 0. The number of carbonyl (C=O) groups is 1. The Bertz CT molecular complexity index is 958. The first kappa shape index (κ1) is 20.2. The standard InChI is InChI=1S/C22H28N6O2/c1-16-12-17(2)28(26-16)21-8-7-18(13-23-21)14-24-22(29)25-15-19(20-6-5-11-30-20)27-9-3-4-10-27/h5-8,11-13,19H,3-4,9-10,14-15H2,1-2H3,(H2,24,25,29). The van der Waals surface area contributed by atoms with Gasteiger partial charge in [0.15, 0.2) is 5.82 Å². The van der Waals surface area contributed by atoms with Gasteiger partial charge in [0.2, 0.25) is 0 Å². The van der Waals surface area contributed by atoms with E-state index >= 15 is 0 Å². The highest BCUT2D eigenvalue weighted by Gasteiger charge is 2.25. The van der Waals surface area contributed by atoms with Crippen LogP contribution >= 0.6 is 0 Å². The number of furan rings is 1. The number of rotatable bonds is 7. The number of nitrogens with one attached hydrogen (secondary N) is 2. The van der Waals surface area contributed by atoms with Crippen LogP contribution < -0.4 is 10.6 Å². The van der Waals surface area contributed by atoms with E-state index in [-0.39, 0.29) is 12.1 Å². The van der Waals surface area contributed by atoms with E-state index < -0.39 is 0 Å². The topological polar surface area (TPSA) is 88.2 Å². The molecular weight excluding hydrogens is 380 g/mol. The van der Waals surface area contributed by atoms with Crippen LogP contribution in [0.5, 0.6) is 0 Å². The van der Waals surface area contributed by atoms with Gasteiger partial charge in [0.25, 0.3) is 0 Å². The van der Waals surface area contributed by atoms with E-state index in [0.717, 1.165) is 41.6 Å². The van der Waals surface area contributed by atoms with Crippen molar-refractivity contribution in [2.75, 3.05) is 19.6 Å². The average Bonchev–Trinajstić information content (AvgIpc) is 3.50. The molecular formula is C22H28N6O2. The molecule has 30 heavy (non-hydrogen) atoms. The van der Waals surface area contributed by atoms with Gasteiger partial charge in [-0.15, -0.1) is 0 Å². The highest BCUT2D eigenvalue weighted by atomic mass is 16.3. The van der Waals surface area contributed by atoms with Gasteiger partial charge in [0.05, 0.1) is 18.0 Å². The van der Waals surface area contributed by atoms with E-state index in [0.29, 0.717) is 13.1 Å². The molecule has 1 unspecified atom stereocenters. The van der Waals surface area contributed by atoms with Crippen LogP contribution in [-0.4, -0.2) is 45.3 Å². The maximum Gasteiger partial charge on any atom is 0.315 e. The molecule has 1 fully saturated rings. The summed E-state index contributed by atoms with van der Waals surface area (Å²) in [6.07, 6.45) is 5.82. The number of pyridine rings is 1. The van der Waals surface area contributed by atoms with Crippen molar-refractivity contribution in [3.05, 3.63) is 65.5 Å². The third-order valence-electron chi connectivity index (χ3n) is 5.40. The molecule has 8 nitrogen and oxygen atoms in total. The molecule has 3 aromatic rings. The van der Waals surface area contributed by atoms with Gasteiger partial charge in [-0.25, -0.2) is 14.5 Å². The molecule has 4 rings (SSSR count). The summed E-state index contributed by atoms with van der Waals surface area (Å²) >= 11 is 0. The molecule has 1 aliphatic heterocycles. The molecule has 8 heteroatoms. The summed E-state index contributed by atoms with van der Waals surface area (Å²) in [5.41, 5.74) is 2.92. The normalized spacial score (nSPS) is 15.3. The van der Waals surface area contributed by atoms with Gasteiger partial charge < -0.3 is 15.1 Å². The van der Waals surface area contributed by atoms with Crippen molar-refractivity contribution in [2.45, 2.75) is 39.3 Å². The largest absolute Gasteiger partial charge is 0.468 e. The van der Waals surface area contributed by atoms with Crippen molar-refractivity contribution in [3.8, 4) is 5.82 Å². The SMILES string of the molecule is Cc1cc(C)n(-c2ccc(CNC(=O)NCC(c3ccco3)N3CCCC3)cn2)n1. The highest BCUT2D eigenvalue weighted by Crippen LogP contribution is 2.24. The molecule has 1 atom stereocenters. The first-order valence-electron chi connectivity index (χ1n) is 10.4. The lowest BCUT2D eigenvalue weighted by atomic mass is 10.2. The van der Waals surface area contributed by atoms with E-state index in [2.05, 4.69) is 25.6 Å².